The van der Waals surface area contributed by atoms with Crippen molar-refractivity contribution in [1.29, 1.82) is 0 Å². The summed E-state index contributed by atoms with van der Waals surface area (Å²) in [6, 6.07) is 6.91. The molecule has 88 valence electrons. The lowest BCUT2D eigenvalue weighted by Crippen LogP contribution is -2.31. The minimum Gasteiger partial charge on any atom is -0.0918 e. The van der Waals surface area contributed by atoms with Gasteiger partial charge in [0.2, 0.25) is 0 Å². The molecular weight excluding hydrogens is 260 g/mol. The van der Waals surface area contributed by atoms with Crippen LogP contribution < -0.4 is 0 Å². The van der Waals surface area contributed by atoms with Crippen molar-refractivity contribution in [2.24, 2.45) is 0 Å². The van der Waals surface area contributed by atoms with Gasteiger partial charge in [0.25, 0.3) is 0 Å². The molecule has 0 aromatic heterocycles. The van der Waals surface area contributed by atoms with E-state index in [9.17, 15) is 0 Å². The number of hydrogen-bond donors (Lipinski definition) is 0. The smallest absolute Gasteiger partial charge is 0.0129 e. The second-order valence-corrected chi connectivity index (χ2v) is 5.85. The highest BCUT2D eigenvalue weighted by Crippen LogP contribution is 2.42. The molecule has 16 heavy (non-hydrogen) atoms. The monoisotopic (exact) mass is 280 g/mol. The van der Waals surface area contributed by atoms with Crippen LogP contribution in [0.15, 0.2) is 18.2 Å². The second-order valence-electron chi connectivity index (χ2n) is 5.29. The average molecular weight is 281 g/mol. The third kappa shape index (κ3) is 2.20. The summed E-state index contributed by atoms with van der Waals surface area (Å²) in [5.41, 5.74) is 4.86. The Kier molecular flexibility index (Phi) is 3.73. The molecule has 0 amide bonds. The van der Waals surface area contributed by atoms with Crippen molar-refractivity contribution in [2.75, 3.05) is 5.33 Å². The lowest BCUT2D eigenvalue weighted by atomic mass is 9.69. The van der Waals surface area contributed by atoms with Crippen LogP contribution in [-0.2, 0) is 5.41 Å². The summed E-state index contributed by atoms with van der Waals surface area (Å²) in [6.07, 6.45) is 6.89. The topological polar surface area (TPSA) is 0 Å². The average Bonchev–Trinajstić information content (AvgIpc) is 2.33. The van der Waals surface area contributed by atoms with E-state index in [1.165, 1.54) is 43.2 Å². The fourth-order valence-electron chi connectivity index (χ4n) is 3.01. The van der Waals surface area contributed by atoms with E-state index in [-0.39, 0.29) is 0 Å². The Bertz CT molecular complexity index is 362. The Morgan fingerprint density at radius 3 is 2.44 bits per heavy atom. The molecule has 0 nitrogen and oxygen atoms in total. The number of halogens is 1. The van der Waals surface area contributed by atoms with E-state index in [2.05, 4.69) is 48.0 Å². The lowest BCUT2D eigenvalue weighted by molar-refractivity contribution is 0.326. The summed E-state index contributed by atoms with van der Waals surface area (Å²) in [4.78, 5) is 0. The maximum Gasteiger partial charge on any atom is 0.0129 e. The van der Waals surface area contributed by atoms with Gasteiger partial charge < -0.3 is 0 Å². The van der Waals surface area contributed by atoms with Crippen molar-refractivity contribution < 1.29 is 0 Å². The van der Waals surface area contributed by atoms with E-state index in [0.717, 1.165) is 5.33 Å². The highest BCUT2D eigenvalue weighted by Gasteiger charge is 2.33. The van der Waals surface area contributed by atoms with Gasteiger partial charge in [0.1, 0.15) is 0 Å². The Balaban J connectivity index is 2.42. The van der Waals surface area contributed by atoms with Gasteiger partial charge in [-0.3, -0.25) is 0 Å². The molecule has 1 aliphatic rings. The third-order valence-electron chi connectivity index (χ3n) is 4.03. The molecule has 0 heterocycles. The highest BCUT2D eigenvalue weighted by molar-refractivity contribution is 9.09. The highest BCUT2D eigenvalue weighted by atomic mass is 79.9. The first-order valence-corrected chi connectivity index (χ1v) is 7.44. The Morgan fingerprint density at radius 1 is 1.12 bits per heavy atom. The lowest BCUT2D eigenvalue weighted by Gasteiger charge is -2.37. The van der Waals surface area contributed by atoms with E-state index in [1.807, 2.05) is 0 Å². The summed E-state index contributed by atoms with van der Waals surface area (Å²) in [5.74, 6) is 0. The molecule has 0 bridgehead atoms. The van der Waals surface area contributed by atoms with Crippen LogP contribution in [0.5, 0.6) is 0 Å². The Labute approximate surface area is 108 Å². The minimum atomic E-state index is 0.411. The van der Waals surface area contributed by atoms with Crippen LogP contribution >= 0.6 is 15.9 Å². The fraction of sp³-hybridized carbons (Fsp3) is 0.600. The fourth-order valence-corrected chi connectivity index (χ4v) is 3.87. The molecule has 0 N–H and O–H groups in total. The molecule has 0 radical (unpaired) electrons. The van der Waals surface area contributed by atoms with Crippen molar-refractivity contribution >= 4 is 15.9 Å². The number of hydrogen-bond acceptors (Lipinski definition) is 0. The van der Waals surface area contributed by atoms with Gasteiger partial charge >= 0.3 is 0 Å². The first kappa shape index (κ1) is 12.2. The van der Waals surface area contributed by atoms with Gasteiger partial charge in [0.15, 0.2) is 0 Å². The standard InChI is InChI=1S/C15H21Br/c1-12-6-7-13(2)14(10-12)15(11-16)8-4-3-5-9-15/h6-7,10H,3-5,8-9,11H2,1-2H3. The molecule has 0 spiro atoms. The van der Waals surface area contributed by atoms with Crippen molar-refractivity contribution in [1.82, 2.24) is 0 Å². The van der Waals surface area contributed by atoms with E-state index < -0.39 is 0 Å². The molecule has 1 heteroatoms. The normalized spacial score (nSPS) is 19.7. The van der Waals surface area contributed by atoms with Crippen LogP contribution in [0.25, 0.3) is 0 Å². The van der Waals surface area contributed by atoms with Crippen LogP contribution in [0.3, 0.4) is 0 Å². The van der Waals surface area contributed by atoms with Gasteiger partial charge in [0.05, 0.1) is 0 Å². The van der Waals surface area contributed by atoms with Crippen molar-refractivity contribution in [3.63, 3.8) is 0 Å². The predicted molar refractivity (Wildman–Crippen MR) is 74.5 cm³/mol. The van der Waals surface area contributed by atoms with Crippen LogP contribution in [-0.4, -0.2) is 5.33 Å². The number of rotatable bonds is 2. The van der Waals surface area contributed by atoms with Crippen molar-refractivity contribution in [3.05, 3.63) is 34.9 Å². The van der Waals surface area contributed by atoms with E-state index in [0.29, 0.717) is 5.41 Å². The van der Waals surface area contributed by atoms with Crippen molar-refractivity contribution in [2.45, 2.75) is 51.4 Å². The van der Waals surface area contributed by atoms with Gasteiger partial charge in [-0.2, -0.15) is 0 Å². The molecule has 2 rings (SSSR count). The SMILES string of the molecule is Cc1ccc(C)c(C2(CBr)CCCCC2)c1. The maximum absolute atomic E-state index is 3.76. The number of benzene rings is 1. The van der Waals surface area contributed by atoms with Gasteiger partial charge in [-0.1, -0.05) is 59.0 Å². The first-order chi connectivity index (χ1) is 7.68. The van der Waals surface area contributed by atoms with Crippen LogP contribution in [0.4, 0.5) is 0 Å². The molecule has 0 aliphatic heterocycles. The summed E-state index contributed by atoms with van der Waals surface area (Å²) in [7, 11) is 0. The molecule has 0 atom stereocenters. The summed E-state index contributed by atoms with van der Waals surface area (Å²) in [6.45, 7) is 4.46. The molecule has 1 aliphatic carbocycles. The van der Waals surface area contributed by atoms with E-state index >= 15 is 0 Å². The van der Waals surface area contributed by atoms with Gasteiger partial charge in [-0.25, -0.2) is 0 Å². The zero-order chi connectivity index (χ0) is 11.6. The summed E-state index contributed by atoms with van der Waals surface area (Å²) < 4.78 is 0. The molecule has 0 unspecified atom stereocenters. The van der Waals surface area contributed by atoms with Crippen molar-refractivity contribution in [3.8, 4) is 0 Å². The zero-order valence-electron chi connectivity index (χ0n) is 10.4. The van der Waals surface area contributed by atoms with Crippen LogP contribution in [0, 0.1) is 13.8 Å². The summed E-state index contributed by atoms with van der Waals surface area (Å²) in [5, 5.41) is 1.12. The van der Waals surface area contributed by atoms with Crippen LogP contribution in [0.2, 0.25) is 0 Å². The van der Waals surface area contributed by atoms with Gasteiger partial charge in [-0.05, 0) is 37.8 Å². The van der Waals surface area contributed by atoms with Gasteiger partial charge in [0, 0.05) is 10.7 Å². The molecule has 1 saturated carbocycles. The van der Waals surface area contributed by atoms with E-state index in [4.69, 9.17) is 0 Å². The Morgan fingerprint density at radius 2 is 1.81 bits per heavy atom. The van der Waals surface area contributed by atoms with Crippen LogP contribution in [0.1, 0.15) is 48.8 Å². The molecule has 1 fully saturated rings. The van der Waals surface area contributed by atoms with Gasteiger partial charge in [-0.15, -0.1) is 0 Å². The molecule has 1 aromatic rings. The van der Waals surface area contributed by atoms with E-state index in [1.54, 1.807) is 5.56 Å². The third-order valence-corrected chi connectivity index (χ3v) is 5.10. The summed E-state index contributed by atoms with van der Waals surface area (Å²) >= 11 is 3.76. The number of alkyl halides is 1. The predicted octanol–water partition coefficient (Wildman–Crippen LogP) is 4.90. The maximum atomic E-state index is 3.76. The first-order valence-electron chi connectivity index (χ1n) is 6.32. The quantitative estimate of drug-likeness (QED) is 0.676. The number of aryl methyl sites for hydroxylation is 2. The molecular formula is C15H21Br. The second kappa shape index (κ2) is 4.91. The molecule has 0 saturated heterocycles. The minimum absolute atomic E-state index is 0.411. The Hall–Kier alpha value is -0.300. The molecule has 1 aromatic carbocycles. The zero-order valence-corrected chi connectivity index (χ0v) is 11.9. The largest absolute Gasteiger partial charge is 0.0918 e.